The van der Waals surface area contributed by atoms with Crippen molar-refractivity contribution in [1.29, 1.82) is 0 Å². The van der Waals surface area contributed by atoms with Crippen LogP contribution in [0.3, 0.4) is 0 Å². The fourth-order valence-electron chi connectivity index (χ4n) is 0.703. The Morgan fingerprint density at radius 2 is 1.33 bits per heavy atom. The first-order chi connectivity index (χ1) is 8.00. The van der Waals surface area contributed by atoms with Gasteiger partial charge in [-0.3, -0.25) is 0 Å². The minimum Gasteiger partial charge on any atom is -0.328 e. The average molecular weight is 270 g/mol. The van der Waals surface area contributed by atoms with Crippen LogP contribution in [0.2, 0.25) is 0 Å². The highest BCUT2D eigenvalue weighted by atomic mass is 16.9. The van der Waals surface area contributed by atoms with Gasteiger partial charge in [0, 0.05) is 6.04 Å². The molecule has 0 aromatic carbocycles. The van der Waals surface area contributed by atoms with Gasteiger partial charge < -0.3 is 20.2 Å². The maximum atomic E-state index is 8.36. The van der Waals surface area contributed by atoms with Crippen molar-refractivity contribution in [3.8, 4) is 0 Å². The maximum Gasteiger partial charge on any atom is 0.291 e. The molecule has 2 N–H and O–H groups in total. The van der Waals surface area contributed by atoms with E-state index in [4.69, 9.17) is 30.6 Å². The van der Waals surface area contributed by atoms with Crippen LogP contribution in [0.25, 0.3) is 0 Å². The van der Waals surface area contributed by atoms with Gasteiger partial charge in [-0.1, -0.05) is 0 Å². The summed E-state index contributed by atoms with van der Waals surface area (Å²) in [6.45, 7) is 3.43. The highest BCUT2D eigenvalue weighted by Crippen LogP contribution is 1.97. The van der Waals surface area contributed by atoms with Crippen molar-refractivity contribution in [3.63, 3.8) is 0 Å². The molecule has 18 heavy (non-hydrogen) atoms. The maximum absolute atomic E-state index is 8.36. The van der Waals surface area contributed by atoms with Gasteiger partial charge in [-0.05, 0) is 48.1 Å². The van der Waals surface area contributed by atoms with Crippen molar-refractivity contribution in [2.45, 2.75) is 19.4 Å². The van der Waals surface area contributed by atoms with Crippen molar-refractivity contribution in [2.24, 2.45) is 0 Å². The number of nitrogens with zero attached hydrogens (tertiary/aromatic N) is 4. The zero-order valence-electron chi connectivity index (χ0n) is 11.3. The van der Waals surface area contributed by atoms with E-state index < -0.39 is 10.2 Å². The van der Waals surface area contributed by atoms with E-state index in [1.54, 1.807) is 0 Å². The molecule has 1 unspecified atom stereocenters. The molecule has 0 bridgehead atoms. The lowest BCUT2D eigenvalue weighted by Crippen LogP contribution is -2.28. The van der Waals surface area contributed by atoms with Crippen molar-refractivity contribution in [1.82, 2.24) is 9.80 Å². The van der Waals surface area contributed by atoms with Crippen LogP contribution in [0.15, 0.2) is 0 Å². The molecule has 0 amide bonds. The van der Waals surface area contributed by atoms with Gasteiger partial charge in [0.05, 0.1) is 0 Å². The minimum absolute atomic E-state index is 0.697. The zero-order valence-corrected chi connectivity index (χ0v) is 11.3. The molecule has 0 radical (unpaired) electrons. The molecule has 0 heterocycles. The predicted molar refractivity (Wildman–Crippen MR) is 63.9 cm³/mol. The first-order valence-electron chi connectivity index (χ1n) is 4.98. The third-order valence-electron chi connectivity index (χ3n) is 1.88. The van der Waals surface area contributed by atoms with Gasteiger partial charge in [0.25, 0.3) is 10.2 Å². The molecule has 0 aliphatic rings. The lowest BCUT2D eigenvalue weighted by atomic mass is 10.2. The van der Waals surface area contributed by atoms with Crippen molar-refractivity contribution in [3.05, 3.63) is 20.2 Å². The Labute approximate surface area is 106 Å². The van der Waals surface area contributed by atoms with Gasteiger partial charge in [-0.2, -0.15) is 0 Å². The van der Waals surface area contributed by atoms with E-state index >= 15 is 0 Å². The zero-order chi connectivity index (χ0) is 15.3. The molecule has 10 nitrogen and oxygen atoms in total. The summed E-state index contributed by atoms with van der Waals surface area (Å²) in [7, 11) is 8.48. The van der Waals surface area contributed by atoms with Gasteiger partial charge in [-0.15, -0.1) is 20.2 Å². The van der Waals surface area contributed by atoms with Crippen LogP contribution in [0.4, 0.5) is 0 Å². The summed E-state index contributed by atoms with van der Waals surface area (Å²) in [5.41, 5.74) is 0. The van der Waals surface area contributed by atoms with Crippen LogP contribution in [-0.2, 0) is 0 Å². The molecular formula is C8H22N4O6. The largest absolute Gasteiger partial charge is 0.328 e. The molecule has 0 fully saturated rings. The fourth-order valence-corrected chi connectivity index (χ4v) is 0.703. The van der Waals surface area contributed by atoms with Crippen LogP contribution < -0.4 is 0 Å². The summed E-state index contributed by atoms with van der Waals surface area (Å²) in [5.74, 6) is 0. The second kappa shape index (κ2) is 13.4. The van der Waals surface area contributed by atoms with Crippen molar-refractivity contribution in [2.75, 3.05) is 34.7 Å². The topological polar surface area (TPSA) is 133 Å². The van der Waals surface area contributed by atoms with E-state index in [-0.39, 0.29) is 0 Å². The van der Waals surface area contributed by atoms with Crippen LogP contribution in [-0.4, -0.2) is 71.2 Å². The van der Waals surface area contributed by atoms with E-state index in [0.717, 1.165) is 0 Å². The molecule has 10 heteroatoms. The molecule has 0 rings (SSSR count). The molecule has 1 atom stereocenters. The fraction of sp³-hybridized carbons (Fsp3) is 1.00. The van der Waals surface area contributed by atoms with Gasteiger partial charge >= 0.3 is 0 Å². The summed E-state index contributed by atoms with van der Waals surface area (Å²) >= 11 is 0. The number of rotatable bonds is 4. The average Bonchev–Trinajstić information content (AvgIpc) is 2.11. The van der Waals surface area contributed by atoms with E-state index in [0.29, 0.717) is 6.04 Å². The van der Waals surface area contributed by atoms with Crippen LogP contribution in [0.1, 0.15) is 13.3 Å². The second-order valence-corrected chi connectivity index (χ2v) is 3.88. The highest BCUT2D eigenvalue weighted by Gasteiger charge is 2.03. The summed E-state index contributed by atoms with van der Waals surface area (Å²) in [5, 5.41) is 27.3. The smallest absolute Gasteiger partial charge is 0.291 e. The first-order valence-corrected chi connectivity index (χ1v) is 4.98. The Balaban J connectivity index is -0.000000233. The quantitative estimate of drug-likeness (QED) is 0.546. The summed E-state index contributed by atoms with van der Waals surface area (Å²) < 4.78 is 0. The van der Waals surface area contributed by atoms with Crippen LogP contribution in [0, 0.1) is 20.2 Å². The molecule has 0 saturated carbocycles. The Bertz CT molecular complexity index is 204. The van der Waals surface area contributed by atoms with Crippen molar-refractivity contribution < 1.29 is 20.6 Å². The van der Waals surface area contributed by atoms with Gasteiger partial charge in [0.2, 0.25) is 0 Å². The van der Waals surface area contributed by atoms with Crippen LogP contribution in [0.5, 0.6) is 0 Å². The highest BCUT2D eigenvalue weighted by molar-refractivity contribution is 4.60. The molecule has 0 spiro atoms. The summed E-state index contributed by atoms with van der Waals surface area (Å²) in [6, 6.07) is 0.697. The molecular weight excluding hydrogens is 248 g/mol. The second-order valence-electron chi connectivity index (χ2n) is 3.88. The molecule has 0 aliphatic heterocycles. The SMILES string of the molecule is CC(CCN(C)C)N(C)C.O=[N+]([O-])O.O=[N+]([O-])O. The lowest BCUT2D eigenvalue weighted by Gasteiger charge is -2.21. The molecule has 110 valence electrons. The number of hydrogen-bond donors (Lipinski definition) is 2. The Kier molecular flexibility index (Phi) is 16.1. The standard InChI is InChI=1S/C8H20N2.2HNO3/c1-8(10(4)5)6-7-9(2)3;2*2-1(3)4/h8H,6-7H2,1-5H3;2*(H,2,3,4). The number of hydrogen-bond acceptors (Lipinski definition) is 6. The first kappa shape index (κ1) is 21.6. The van der Waals surface area contributed by atoms with E-state index in [2.05, 4.69) is 44.9 Å². The third kappa shape index (κ3) is 47.4. The normalized spacial score (nSPS) is 10.8. The molecule has 0 aromatic rings. The van der Waals surface area contributed by atoms with E-state index in [1.165, 1.54) is 13.0 Å². The van der Waals surface area contributed by atoms with E-state index in [9.17, 15) is 0 Å². The third-order valence-corrected chi connectivity index (χ3v) is 1.88. The van der Waals surface area contributed by atoms with Gasteiger partial charge in [0.15, 0.2) is 0 Å². The van der Waals surface area contributed by atoms with Gasteiger partial charge in [-0.25, -0.2) is 0 Å². The predicted octanol–water partition coefficient (Wildman–Crippen LogP) is 0.193. The minimum atomic E-state index is -1.50. The lowest BCUT2D eigenvalue weighted by molar-refractivity contribution is -0.742. The van der Waals surface area contributed by atoms with Gasteiger partial charge in [0.1, 0.15) is 0 Å². The molecule has 0 aromatic heterocycles. The monoisotopic (exact) mass is 270 g/mol. The van der Waals surface area contributed by atoms with Crippen LogP contribution >= 0.6 is 0 Å². The Morgan fingerprint density at radius 1 is 1.06 bits per heavy atom. The Morgan fingerprint density at radius 3 is 1.50 bits per heavy atom. The van der Waals surface area contributed by atoms with Crippen molar-refractivity contribution >= 4 is 0 Å². The molecule has 0 aliphatic carbocycles. The molecule has 0 saturated heterocycles. The summed E-state index contributed by atoms with van der Waals surface area (Å²) in [6.07, 6.45) is 1.25. The Hall–Kier alpha value is -1.68. The summed E-state index contributed by atoms with van der Waals surface area (Å²) in [4.78, 5) is 21.2. The van der Waals surface area contributed by atoms with E-state index in [1.807, 2.05) is 0 Å².